The van der Waals surface area contributed by atoms with Crippen molar-refractivity contribution in [2.75, 3.05) is 76.9 Å². The van der Waals surface area contributed by atoms with Gasteiger partial charge in [-0.15, -0.1) is 0 Å². The van der Waals surface area contributed by atoms with Crippen molar-refractivity contribution in [2.24, 2.45) is 17.3 Å². The molecule has 0 saturated carbocycles. The van der Waals surface area contributed by atoms with Crippen molar-refractivity contribution in [2.45, 2.75) is 98.0 Å². The molecule has 4 aliphatic heterocycles. The van der Waals surface area contributed by atoms with E-state index in [1.54, 1.807) is 7.11 Å². The zero-order valence-corrected chi connectivity index (χ0v) is 42.3. The van der Waals surface area contributed by atoms with E-state index in [-0.39, 0.29) is 49.5 Å². The molecular weight excluding hydrogens is 881 g/mol. The second-order valence-electron chi connectivity index (χ2n) is 21.0. The summed E-state index contributed by atoms with van der Waals surface area (Å²) in [4.78, 5) is 53.3. The SMILES string of the molecule is CCn1c(-c2cc(N3CCN(C)CC3)cnc2[C@H](C)OC)c2c3cc(ccc31)-c1cc3cc(c1)N[C@@H](c1ccccc1)COC[C@@H](C(C)C)C(=O)N[C@@H](C3)C(=O)N1CCC[C@H](N1)C(=O)OCC(C)(C)C2. The molecule has 372 valence electrons. The summed E-state index contributed by atoms with van der Waals surface area (Å²) in [6.07, 6.45) is 3.64. The van der Waals surface area contributed by atoms with E-state index in [0.717, 1.165) is 93.2 Å². The fraction of sp³-hybridized carbons (Fsp3) is 0.500. The normalized spacial score (nSPS) is 23.2. The first-order valence-corrected chi connectivity index (χ1v) is 25.4. The van der Waals surface area contributed by atoms with E-state index in [1.165, 1.54) is 5.01 Å². The molecule has 0 radical (unpaired) electrons. The number of carbonyl (C=O) groups is 3. The Morgan fingerprint density at radius 3 is 2.40 bits per heavy atom. The standard InChI is InChI=1S/C56H72N8O6/c1-9-63-50-18-17-39-28-43(50)45(52(63)44-29-42(31-57-51(44)36(4)68-8)62-22-20-61(7)21-23-62)30-56(5,6)34-70-55(67)47-16-13-19-64(60-47)54(66)48-26-37-24-40(39)27-41(25-37)58-49(38-14-11-10-12-15-38)33-69-32-46(35(2)3)53(65)59-48/h10-12,14-15,17-18,24-25,27-29,31,35-36,46-49,58,60H,9,13,16,19-23,26,30,32-34H2,1-8H3,(H,59,65)/t36-,46-,47-,48-,49+/m0/s1. The number of ether oxygens (including phenoxy) is 3. The lowest BCUT2D eigenvalue weighted by molar-refractivity contribution is -0.155. The highest BCUT2D eigenvalue weighted by Gasteiger charge is 2.37. The first kappa shape index (κ1) is 49.2. The molecule has 0 unspecified atom stereocenters. The summed E-state index contributed by atoms with van der Waals surface area (Å²) in [7, 11) is 3.90. The second-order valence-corrected chi connectivity index (χ2v) is 21.0. The Hall–Kier alpha value is -5.80. The van der Waals surface area contributed by atoms with E-state index in [0.29, 0.717) is 39.0 Å². The van der Waals surface area contributed by atoms with Crippen LogP contribution in [-0.2, 0) is 48.0 Å². The van der Waals surface area contributed by atoms with Crippen LogP contribution in [0.15, 0.2) is 79.0 Å². The number of aryl methyl sites for hydroxylation is 1. The number of hydrazine groups is 1. The Morgan fingerprint density at radius 1 is 0.871 bits per heavy atom. The smallest absolute Gasteiger partial charge is 0.324 e. The monoisotopic (exact) mass is 953 g/mol. The van der Waals surface area contributed by atoms with Gasteiger partial charge < -0.3 is 39.2 Å². The highest BCUT2D eigenvalue weighted by molar-refractivity contribution is 5.96. The zero-order valence-electron chi connectivity index (χ0n) is 42.3. The number of cyclic esters (lactones) is 1. The van der Waals surface area contributed by atoms with Crippen LogP contribution in [0.1, 0.15) is 88.9 Å². The van der Waals surface area contributed by atoms with E-state index < -0.39 is 29.4 Å². The van der Waals surface area contributed by atoms with Gasteiger partial charge in [0, 0.05) is 80.4 Å². The summed E-state index contributed by atoms with van der Waals surface area (Å²) in [6, 6.07) is 23.8. The number of nitrogens with zero attached hydrogens (tertiary/aromatic N) is 5. The number of esters is 1. The minimum Gasteiger partial charge on any atom is -0.464 e. The summed E-state index contributed by atoms with van der Waals surface area (Å²) in [5.41, 5.74) is 13.8. The highest BCUT2D eigenvalue weighted by atomic mass is 16.5. The average molecular weight is 953 g/mol. The van der Waals surface area contributed by atoms with Gasteiger partial charge in [0.25, 0.3) is 5.91 Å². The molecule has 14 heteroatoms. The molecule has 8 bridgehead atoms. The van der Waals surface area contributed by atoms with Gasteiger partial charge in [-0.2, -0.15) is 0 Å². The van der Waals surface area contributed by atoms with E-state index >= 15 is 0 Å². The molecule has 0 spiro atoms. The number of methoxy groups -OCH3 is 1. The third-order valence-corrected chi connectivity index (χ3v) is 14.9. The number of anilines is 2. The van der Waals surface area contributed by atoms with Crippen molar-refractivity contribution in [3.05, 3.63) is 101 Å². The van der Waals surface area contributed by atoms with Crippen molar-refractivity contribution in [3.63, 3.8) is 0 Å². The fourth-order valence-electron chi connectivity index (χ4n) is 10.7. The minimum absolute atomic E-state index is 0.0539. The number of rotatable bonds is 7. The van der Waals surface area contributed by atoms with Crippen molar-refractivity contribution in [1.29, 1.82) is 0 Å². The molecule has 0 aliphatic carbocycles. The van der Waals surface area contributed by atoms with Crippen LogP contribution >= 0.6 is 0 Å². The number of nitrogens with one attached hydrogen (secondary N) is 3. The minimum atomic E-state index is -0.934. The maximum absolute atomic E-state index is 14.8. The molecule has 5 atom stereocenters. The van der Waals surface area contributed by atoms with E-state index in [2.05, 4.69) is 120 Å². The van der Waals surface area contributed by atoms with Crippen LogP contribution < -0.4 is 21.0 Å². The molecule has 2 fully saturated rings. The van der Waals surface area contributed by atoms with Crippen molar-refractivity contribution in [3.8, 4) is 22.4 Å². The fourth-order valence-corrected chi connectivity index (χ4v) is 10.7. The Morgan fingerprint density at radius 2 is 1.66 bits per heavy atom. The molecule has 5 aromatic rings. The Kier molecular flexibility index (Phi) is 14.7. The van der Waals surface area contributed by atoms with Gasteiger partial charge in [0.2, 0.25) is 5.91 Å². The van der Waals surface area contributed by atoms with E-state index in [9.17, 15) is 14.4 Å². The summed E-state index contributed by atoms with van der Waals surface area (Å²) in [5, 5.41) is 9.63. The maximum atomic E-state index is 14.8. The van der Waals surface area contributed by atoms with Gasteiger partial charge in [0.15, 0.2) is 0 Å². The lowest BCUT2D eigenvalue weighted by Gasteiger charge is -2.36. The molecular formula is C56H72N8O6. The summed E-state index contributed by atoms with van der Waals surface area (Å²) in [6.45, 7) is 18.1. The van der Waals surface area contributed by atoms with Crippen LogP contribution in [0.5, 0.6) is 0 Å². The summed E-state index contributed by atoms with van der Waals surface area (Å²) >= 11 is 0. The van der Waals surface area contributed by atoms with Gasteiger partial charge in [-0.05, 0) is 104 Å². The van der Waals surface area contributed by atoms with Gasteiger partial charge in [0.1, 0.15) is 12.1 Å². The van der Waals surface area contributed by atoms with Gasteiger partial charge in [-0.1, -0.05) is 70.2 Å². The number of hydrogen-bond donors (Lipinski definition) is 3. The molecule has 2 aromatic heterocycles. The first-order valence-electron chi connectivity index (χ1n) is 25.4. The molecule has 3 N–H and O–H groups in total. The number of piperazine rings is 1. The molecule has 9 rings (SSSR count). The van der Waals surface area contributed by atoms with E-state index in [1.807, 2.05) is 38.2 Å². The van der Waals surface area contributed by atoms with Gasteiger partial charge in [-0.25, -0.2) is 5.43 Å². The quantitative estimate of drug-likeness (QED) is 0.137. The van der Waals surface area contributed by atoms with Crippen LogP contribution in [0.4, 0.5) is 11.4 Å². The summed E-state index contributed by atoms with van der Waals surface area (Å²) in [5.74, 6) is -1.51. The third-order valence-electron chi connectivity index (χ3n) is 14.9. The predicted octanol–water partition coefficient (Wildman–Crippen LogP) is 7.95. The Labute approximate surface area is 413 Å². The number of fused-ring (bicyclic) bond motifs is 7. The third kappa shape index (κ3) is 10.5. The maximum Gasteiger partial charge on any atom is 0.324 e. The molecule has 6 heterocycles. The van der Waals surface area contributed by atoms with Gasteiger partial charge in [-0.3, -0.25) is 24.4 Å². The van der Waals surface area contributed by atoms with Crippen LogP contribution in [-0.4, -0.2) is 116 Å². The van der Waals surface area contributed by atoms with Gasteiger partial charge in [0.05, 0.1) is 61.2 Å². The molecule has 14 nitrogen and oxygen atoms in total. The Bertz CT molecular complexity index is 2690. The van der Waals surface area contributed by atoms with E-state index in [4.69, 9.17) is 19.2 Å². The molecule has 3 aromatic carbocycles. The average Bonchev–Trinajstić information content (AvgIpc) is 3.66. The Balaban J connectivity index is 1.26. The number of aromatic nitrogens is 2. The topological polar surface area (TPSA) is 143 Å². The number of pyridine rings is 1. The number of hydrogen-bond acceptors (Lipinski definition) is 11. The van der Waals surface area contributed by atoms with Crippen LogP contribution in [0.2, 0.25) is 0 Å². The molecule has 70 heavy (non-hydrogen) atoms. The predicted molar refractivity (Wildman–Crippen MR) is 275 cm³/mol. The lowest BCUT2D eigenvalue weighted by Crippen LogP contribution is -2.61. The van der Waals surface area contributed by atoms with Crippen LogP contribution in [0, 0.1) is 17.3 Å². The molecule has 2 saturated heterocycles. The highest BCUT2D eigenvalue weighted by Crippen LogP contribution is 2.43. The van der Waals surface area contributed by atoms with Crippen molar-refractivity contribution in [1.82, 2.24) is 30.2 Å². The summed E-state index contributed by atoms with van der Waals surface area (Å²) < 4.78 is 21.1. The number of amides is 2. The largest absolute Gasteiger partial charge is 0.464 e. The lowest BCUT2D eigenvalue weighted by atomic mass is 9.84. The van der Waals surface area contributed by atoms with Crippen LogP contribution in [0.3, 0.4) is 0 Å². The van der Waals surface area contributed by atoms with Crippen LogP contribution in [0.25, 0.3) is 33.3 Å². The van der Waals surface area contributed by atoms with Crippen molar-refractivity contribution < 1.29 is 28.6 Å². The second kappa shape index (κ2) is 20.9. The number of likely N-dealkylation sites (N-methyl/N-ethyl adjacent to an activating group) is 1. The molecule has 4 aliphatic rings. The zero-order chi connectivity index (χ0) is 49.3. The van der Waals surface area contributed by atoms with Crippen molar-refractivity contribution >= 4 is 40.1 Å². The first-order chi connectivity index (χ1) is 33.7. The van der Waals surface area contributed by atoms with Gasteiger partial charge >= 0.3 is 5.97 Å². The molecule has 2 amide bonds. The number of benzene rings is 3. The number of carbonyl (C=O) groups excluding carboxylic acids is 3.